The van der Waals surface area contributed by atoms with Crippen LogP contribution < -0.4 is 16.6 Å². The molecule has 0 unspecified atom stereocenters. The zero-order chi connectivity index (χ0) is 19.7. The molecule has 0 bridgehead atoms. The predicted octanol–water partition coefficient (Wildman–Crippen LogP) is 2.45. The summed E-state index contributed by atoms with van der Waals surface area (Å²) in [6, 6.07) is 5.69. The van der Waals surface area contributed by atoms with Gasteiger partial charge in [-0.15, -0.1) is 0 Å². The lowest BCUT2D eigenvalue weighted by Crippen LogP contribution is -2.35. The van der Waals surface area contributed by atoms with Crippen LogP contribution in [0.15, 0.2) is 29.2 Å². The molecule has 1 aromatic carbocycles. The topological polar surface area (TPSA) is 94.9 Å². The first-order chi connectivity index (χ1) is 12.9. The molecule has 0 radical (unpaired) electrons. The fraction of sp³-hybridized carbons (Fsp3) is 0.350. The van der Waals surface area contributed by atoms with Crippen LogP contribution in [0.25, 0.3) is 22.0 Å². The standard InChI is InChI=1S/C20H25N5O2/c1-5-10-22-19(26)16-17(21)14-9-7-8-13(15-11-24(4)23-12(15)3)18(14)25(6-2)20(16)27/h7-9,11H,5-6,10,21H2,1-4H3,(H,22,26). The van der Waals surface area contributed by atoms with Gasteiger partial charge < -0.3 is 15.6 Å². The van der Waals surface area contributed by atoms with Crippen LogP contribution >= 0.6 is 0 Å². The van der Waals surface area contributed by atoms with Gasteiger partial charge in [-0.2, -0.15) is 5.10 Å². The summed E-state index contributed by atoms with van der Waals surface area (Å²) in [5, 5.41) is 7.86. The average molecular weight is 367 g/mol. The molecular weight excluding hydrogens is 342 g/mol. The van der Waals surface area contributed by atoms with Crippen molar-refractivity contribution in [3.8, 4) is 11.1 Å². The number of pyridine rings is 1. The third-order valence-electron chi connectivity index (χ3n) is 4.71. The fourth-order valence-corrected chi connectivity index (χ4v) is 3.47. The van der Waals surface area contributed by atoms with E-state index in [2.05, 4.69) is 10.4 Å². The largest absolute Gasteiger partial charge is 0.397 e. The van der Waals surface area contributed by atoms with Gasteiger partial charge in [0.15, 0.2) is 0 Å². The van der Waals surface area contributed by atoms with Crippen molar-refractivity contribution in [3.63, 3.8) is 0 Å². The number of amides is 1. The number of benzene rings is 1. The highest BCUT2D eigenvalue weighted by atomic mass is 16.2. The number of nitrogens with zero attached hydrogens (tertiary/aromatic N) is 3. The van der Waals surface area contributed by atoms with Gasteiger partial charge in [0, 0.05) is 42.8 Å². The molecule has 3 rings (SSSR count). The van der Waals surface area contributed by atoms with E-state index in [1.165, 1.54) is 0 Å². The maximum absolute atomic E-state index is 13.1. The molecule has 27 heavy (non-hydrogen) atoms. The summed E-state index contributed by atoms with van der Waals surface area (Å²) in [6.07, 6.45) is 2.71. The minimum Gasteiger partial charge on any atom is -0.397 e. The monoisotopic (exact) mass is 367 g/mol. The maximum Gasteiger partial charge on any atom is 0.266 e. The van der Waals surface area contributed by atoms with Gasteiger partial charge in [0.05, 0.1) is 16.9 Å². The van der Waals surface area contributed by atoms with Gasteiger partial charge in [-0.3, -0.25) is 14.3 Å². The minimum atomic E-state index is -0.425. The van der Waals surface area contributed by atoms with Crippen LogP contribution in [0.5, 0.6) is 0 Å². The second-order valence-corrected chi connectivity index (χ2v) is 6.60. The molecule has 7 heteroatoms. The van der Waals surface area contributed by atoms with Crippen molar-refractivity contribution in [1.82, 2.24) is 19.7 Å². The number of nitrogens with one attached hydrogen (secondary N) is 1. The number of carbonyl (C=O) groups excluding carboxylic acids is 1. The number of nitrogens with two attached hydrogens (primary N) is 1. The predicted molar refractivity (Wildman–Crippen MR) is 108 cm³/mol. The molecule has 7 nitrogen and oxygen atoms in total. The number of hydrogen-bond acceptors (Lipinski definition) is 4. The number of rotatable bonds is 5. The quantitative estimate of drug-likeness (QED) is 0.724. The normalized spacial score (nSPS) is 11.1. The molecule has 0 fully saturated rings. The number of anilines is 1. The SMILES string of the molecule is CCCNC(=O)c1c(N)c2cccc(-c3cn(C)nc3C)c2n(CC)c1=O. The van der Waals surface area contributed by atoms with Crippen LogP contribution in [0, 0.1) is 6.92 Å². The van der Waals surface area contributed by atoms with Crippen molar-refractivity contribution in [2.45, 2.75) is 33.7 Å². The maximum atomic E-state index is 13.1. The first kappa shape index (κ1) is 18.7. The summed E-state index contributed by atoms with van der Waals surface area (Å²) in [5.41, 5.74) is 9.58. The van der Waals surface area contributed by atoms with E-state index in [1.54, 1.807) is 9.25 Å². The second-order valence-electron chi connectivity index (χ2n) is 6.60. The van der Waals surface area contributed by atoms with Gasteiger partial charge >= 0.3 is 0 Å². The van der Waals surface area contributed by atoms with Gasteiger partial charge in [0.2, 0.25) is 0 Å². The summed E-state index contributed by atoms with van der Waals surface area (Å²) in [5.74, 6) is -0.425. The molecule has 0 aliphatic rings. The van der Waals surface area contributed by atoms with Gasteiger partial charge in [0.1, 0.15) is 5.56 Å². The summed E-state index contributed by atoms with van der Waals surface area (Å²) < 4.78 is 3.36. The highest BCUT2D eigenvalue weighted by molar-refractivity contribution is 6.09. The lowest BCUT2D eigenvalue weighted by molar-refractivity contribution is 0.0952. The summed E-state index contributed by atoms with van der Waals surface area (Å²) >= 11 is 0. The van der Waals surface area contributed by atoms with Crippen molar-refractivity contribution in [2.24, 2.45) is 7.05 Å². The number of nitrogen functional groups attached to an aromatic ring is 1. The van der Waals surface area contributed by atoms with E-state index in [-0.39, 0.29) is 16.8 Å². The fourth-order valence-electron chi connectivity index (χ4n) is 3.47. The lowest BCUT2D eigenvalue weighted by atomic mass is 9.99. The smallest absolute Gasteiger partial charge is 0.266 e. The van der Waals surface area contributed by atoms with Crippen molar-refractivity contribution >= 4 is 22.5 Å². The van der Waals surface area contributed by atoms with Gasteiger partial charge in [-0.1, -0.05) is 25.1 Å². The molecule has 0 spiro atoms. The number of fused-ring (bicyclic) bond motifs is 1. The first-order valence-electron chi connectivity index (χ1n) is 9.14. The average Bonchev–Trinajstić information content (AvgIpc) is 2.98. The molecular formula is C20H25N5O2. The molecule has 3 aromatic rings. The molecule has 0 saturated heterocycles. The molecule has 1 amide bonds. The van der Waals surface area contributed by atoms with E-state index < -0.39 is 5.91 Å². The second kappa shape index (κ2) is 7.26. The van der Waals surface area contributed by atoms with E-state index in [1.807, 2.05) is 52.2 Å². The molecule has 0 aliphatic heterocycles. The summed E-state index contributed by atoms with van der Waals surface area (Å²) in [7, 11) is 1.86. The molecule has 3 N–H and O–H groups in total. The molecule has 0 saturated carbocycles. The third kappa shape index (κ3) is 3.09. The summed E-state index contributed by atoms with van der Waals surface area (Å²) in [6.45, 7) is 6.70. The Hall–Kier alpha value is -3.09. The van der Waals surface area contributed by atoms with Crippen LogP contribution in [-0.4, -0.2) is 26.8 Å². The Morgan fingerprint density at radius 1 is 1.26 bits per heavy atom. The molecule has 2 heterocycles. The van der Waals surface area contributed by atoms with E-state index in [0.717, 1.165) is 28.8 Å². The Balaban J connectivity index is 2.37. The van der Waals surface area contributed by atoms with Crippen LogP contribution in [-0.2, 0) is 13.6 Å². The molecule has 2 aromatic heterocycles. The van der Waals surface area contributed by atoms with Crippen LogP contribution in [0.4, 0.5) is 5.69 Å². The van der Waals surface area contributed by atoms with Gasteiger partial charge in [-0.25, -0.2) is 0 Å². The minimum absolute atomic E-state index is 0.0119. The van der Waals surface area contributed by atoms with Crippen molar-refractivity contribution in [2.75, 3.05) is 12.3 Å². The Labute approximate surface area is 157 Å². The van der Waals surface area contributed by atoms with Crippen molar-refractivity contribution in [3.05, 3.63) is 46.0 Å². The number of aryl methyl sites for hydroxylation is 3. The Morgan fingerprint density at radius 3 is 2.59 bits per heavy atom. The number of para-hydroxylation sites is 1. The van der Waals surface area contributed by atoms with Crippen LogP contribution in [0.2, 0.25) is 0 Å². The highest BCUT2D eigenvalue weighted by Gasteiger charge is 2.22. The summed E-state index contributed by atoms with van der Waals surface area (Å²) in [4.78, 5) is 25.7. The molecule has 0 aliphatic carbocycles. The van der Waals surface area contributed by atoms with Crippen molar-refractivity contribution in [1.29, 1.82) is 0 Å². The van der Waals surface area contributed by atoms with Crippen molar-refractivity contribution < 1.29 is 4.79 Å². The van der Waals surface area contributed by atoms with E-state index >= 15 is 0 Å². The molecule has 142 valence electrons. The Bertz CT molecular complexity index is 1080. The zero-order valence-corrected chi connectivity index (χ0v) is 16.2. The highest BCUT2D eigenvalue weighted by Crippen LogP contribution is 2.33. The third-order valence-corrected chi connectivity index (χ3v) is 4.71. The van der Waals surface area contributed by atoms with E-state index in [9.17, 15) is 9.59 Å². The van der Waals surface area contributed by atoms with E-state index in [0.29, 0.717) is 18.5 Å². The van der Waals surface area contributed by atoms with E-state index in [4.69, 9.17) is 5.73 Å². The Morgan fingerprint density at radius 2 is 2.00 bits per heavy atom. The van der Waals surface area contributed by atoms with Gasteiger partial charge in [-0.05, 0) is 20.3 Å². The molecule has 0 atom stereocenters. The number of carbonyl (C=O) groups is 1. The number of aromatic nitrogens is 3. The first-order valence-corrected chi connectivity index (χ1v) is 9.14. The van der Waals surface area contributed by atoms with Gasteiger partial charge in [0.25, 0.3) is 11.5 Å². The lowest BCUT2D eigenvalue weighted by Gasteiger charge is -2.17. The number of hydrogen-bond donors (Lipinski definition) is 2. The Kier molecular flexibility index (Phi) is 5.03. The van der Waals surface area contributed by atoms with Crippen LogP contribution in [0.1, 0.15) is 36.3 Å². The zero-order valence-electron chi connectivity index (χ0n) is 16.2. The van der Waals surface area contributed by atoms with Crippen LogP contribution in [0.3, 0.4) is 0 Å².